The Morgan fingerprint density at radius 1 is 0.308 bits per heavy atom. The van der Waals surface area contributed by atoms with Gasteiger partial charge in [0.25, 0.3) is 0 Å². The molecule has 7 heterocycles. The van der Waals surface area contributed by atoms with E-state index in [1.165, 1.54) is 20.2 Å². The van der Waals surface area contributed by atoms with E-state index in [1.807, 2.05) is 61.3 Å². The smallest absolute Gasteiger partial charge is 0.164 e. The standard InChI is InChI=1S/C56H32N8S/c1-2-14-48-42(11-1)47-31-37(19-20-49(47)65-48)55-62-54(34-17-15-33(16-18-34)38-10-3-21-57-32-38)63-56(64-55)41-27-39(45-29-35-8-4-22-58-50(35)52-43(45)12-6-24-60-52)26-40(28-41)46-30-36-9-5-23-59-51(36)53-44(46)13-7-25-61-53/h1-32H. The van der Waals surface area contributed by atoms with Crippen molar-refractivity contribution in [1.82, 2.24) is 39.9 Å². The van der Waals surface area contributed by atoms with E-state index in [2.05, 4.69) is 132 Å². The van der Waals surface area contributed by atoms with Gasteiger partial charge in [0, 0.05) is 95.6 Å². The van der Waals surface area contributed by atoms with Gasteiger partial charge in [-0.05, 0) is 118 Å². The van der Waals surface area contributed by atoms with Gasteiger partial charge in [0.15, 0.2) is 17.5 Å². The van der Waals surface area contributed by atoms with Crippen molar-refractivity contribution >= 4 is 75.1 Å². The van der Waals surface area contributed by atoms with Crippen molar-refractivity contribution in [3.05, 3.63) is 195 Å². The van der Waals surface area contributed by atoms with Crippen molar-refractivity contribution in [1.29, 1.82) is 0 Å². The maximum atomic E-state index is 5.36. The molecule has 13 aromatic rings. The van der Waals surface area contributed by atoms with Crippen molar-refractivity contribution in [2.75, 3.05) is 0 Å². The lowest BCUT2D eigenvalue weighted by molar-refractivity contribution is 1.07. The first-order valence-corrected chi connectivity index (χ1v) is 22.1. The minimum Gasteiger partial charge on any atom is -0.264 e. The van der Waals surface area contributed by atoms with Gasteiger partial charge in [0.05, 0.1) is 22.1 Å². The Hall–Kier alpha value is -8.66. The van der Waals surface area contributed by atoms with Gasteiger partial charge in [-0.1, -0.05) is 72.8 Å². The number of rotatable bonds is 6. The summed E-state index contributed by atoms with van der Waals surface area (Å²) >= 11 is 1.79. The van der Waals surface area contributed by atoms with E-state index in [-0.39, 0.29) is 0 Å². The largest absolute Gasteiger partial charge is 0.264 e. The Morgan fingerprint density at radius 2 is 0.815 bits per heavy atom. The lowest BCUT2D eigenvalue weighted by atomic mass is 9.91. The van der Waals surface area contributed by atoms with Gasteiger partial charge in [-0.25, -0.2) is 15.0 Å². The molecule has 0 aliphatic rings. The summed E-state index contributed by atoms with van der Waals surface area (Å²) in [6.07, 6.45) is 11.0. The van der Waals surface area contributed by atoms with E-state index in [1.54, 1.807) is 17.5 Å². The van der Waals surface area contributed by atoms with Gasteiger partial charge in [0.2, 0.25) is 0 Å². The second-order valence-corrected chi connectivity index (χ2v) is 17.1. The molecule has 8 nitrogen and oxygen atoms in total. The highest BCUT2D eigenvalue weighted by atomic mass is 32.1. The third-order valence-corrected chi connectivity index (χ3v) is 13.3. The van der Waals surface area contributed by atoms with E-state index in [9.17, 15) is 0 Å². The van der Waals surface area contributed by atoms with Crippen molar-refractivity contribution in [2.24, 2.45) is 0 Å². The molecule has 0 saturated heterocycles. The molecule has 9 heteroatoms. The molecule has 302 valence electrons. The molecule has 6 aromatic carbocycles. The van der Waals surface area contributed by atoms with E-state index in [4.69, 9.17) is 34.9 Å². The first kappa shape index (κ1) is 36.9. The van der Waals surface area contributed by atoms with Crippen LogP contribution in [0.15, 0.2) is 195 Å². The molecule has 0 atom stereocenters. The average molecular weight is 849 g/mol. The van der Waals surface area contributed by atoms with Crippen LogP contribution in [0.25, 0.3) is 131 Å². The minimum absolute atomic E-state index is 0.550. The fourth-order valence-corrected chi connectivity index (χ4v) is 10.2. The number of hydrogen-bond acceptors (Lipinski definition) is 9. The fourth-order valence-electron chi connectivity index (χ4n) is 9.07. The minimum atomic E-state index is 0.550. The summed E-state index contributed by atoms with van der Waals surface area (Å²) in [6.45, 7) is 0. The van der Waals surface area contributed by atoms with Crippen LogP contribution in [0.2, 0.25) is 0 Å². The molecule has 0 amide bonds. The summed E-state index contributed by atoms with van der Waals surface area (Å²) in [5.41, 5.74) is 12.1. The first-order chi connectivity index (χ1) is 32.2. The van der Waals surface area contributed by atoms with Crippen molar-refractivity contribution in [2.45, 2.75) is 0 Å². The Morgan fingerprint density at radius 3 is 1.46 bits per heavy atom. The topological polar surface area (TPSA) is 103 Å². The van der Waals surface area contributed by atoms with Crippen LogP contribution < -0.4 is 0 Å². The average Bonchev–Trinajstić information content (AvgIpc) is 3.76. The summed E-state index contributed by atoms with van der Waals surface area (Å²) < 4.78 is 2.46. The van der Waals surface area contributed by atoms with Gasteiger partial charge >= 0.3 is 0 Å². The Balaban J connectivity index is 1.08. The molecule has 0 aliphatic heterocycles. The molecule has 0 saturated carbocycles. The van der Waals surface area contributed by atoms with Gasteiger partial charge in [-0.3, -0.25) is 24.9 Å². The van der Waals surface area contributed by atoms with Gasteiger partial charge in [-0.15, -0.1) is 11.3 Å². The lowest BCUT2D eigenvalue weighted by Crippen LogP contribution is -2.01. The number of aromatic nitrogens is 8. The van der Waals surface area contributed by atoms with E-state index in [0.29, 0.717) is 17.5 Å². The lowest BCUT2D eigenvalue weighted by Gasteiger charge is -2.16. The zero-order valence-corrected chi connectivity index (χ0v) is 35.3. The number of hydrogen-bond donors (Lipinski definition) is 0. The van der Waals surface area contributed by atoms with Gasteiger partial charge < -0.3 is 0 Å². The summed E-state index contributed by atoms with van der Waals surface area (Å²) in [4.78, 5) is 39.5. The molecule has 13 rings (SSSR count). The third kappa shape index (κ3) is 6.36. The molecular formula is C56H32N8S. The van der Waals surface area contributed by atoms with Crippen LogP contribution in [0, 0.1) is 0 Å². The quantitative estimate of drug-likeness (QED) is 0.152. The normalized spacial score (nSPS) is 11.7. The number of pyridine rings is 5. The molecule has 0 N–H and O–H groups in total. The van der Waals surface area contributed by atoms with Crippen LogP contribution in [0.5, 0.6) is 0 Å². The SMILES string of the molecule is c1cncc(-c2ccc(-c3nc(-c4cc(-c5cc6cccnc6c6ncccc56)cc(-c5cc6cccnc6c6ncccc56)c4)nc(-c4ccc5sc6ccccc6c5c4)n3)cc2)c1. The predicted octanol–water partition coefficient (Wildman–Crippen LogP) is 13.8. The number of nitrogens with zero attached hydrogens (tertiary/aromatic N) is 8. The third-order valence-electron chi connectivity index (χ3n) is 12.1. The molecule has 0 aliphatic carbocycles. The second kappa shape index (κ2) is 15.0. The van der Waals surface area contributed by atoms with Crippen LogP contribution >= 0.6 is 11.3 Å². The van der Waals surface area contributed by atoms with E-state index >= 15 is 0 Å². The summed E-state index contributed by atoms with van der Waals surface area (Å²) in [5, 5.41) is 6.39. The van der Waals surface area contributed by atoms with Crippen molar-refractivity contribution in [3.8, 4) is 67.5 Å². The summed E-state index contributed by atoms with van der Waals surface area (Å²) in [7, 11) is 0. The van der Waals surface area contributed by atoms with Crippen molar-refractivity contribution < 1.29 is 0 Å². The molecular weight excluding hydrogens is 817 g/mol. The summed E-state index contributed by atoms with van der Waals surface area (Å²) in [5.74, 6) is 1.71. The maximum Gasteiger partial charge on any atom is 0.164 e. The second-order valence-electron chi connectivity index (χ2n) is 16.0. The molecule has 0 bridgehead atoms. The van der Waals surface area contributed by atoms with Crippen LogP contribution in [0.4, 0.5) is 0 Å². The molecule has 0 unspecified atom stereocenters. The molecule has 0 spiro atoms. The maximum absolute atomic E-state index is 5.36. The number of thiophene rings is 1. The Kier molecular flexibility index (Phi) is 8.53. The van der Waals surface area contributed by atoms with Crippen LogP contribution in [0.1, 0.15) is 0 Å². The monoisotopic (exact) mass is 848 g/mol. The zero-order chi connectivity index (χ0) is 42.8. The highest BCUT2D eigenvalue weighted by molar-refractivity contribution is 7.25. The van der Waals surface area contributed by atoms with Crippen LogP contribution in [-0.4, -0.2) is 39.9 Å². The Bertz CT molecular complexity index is 3880. The number of fused-ring (bicyclic) bond motifs is 9. The summed E-state index contributed by atoms with van der Waals surface area (Å²) in [6, 6.07) is 54.9. The van der Waals surface area contributed by atoms with E-state index < -0.39 is 0 Å². The predicted molar refractivity (Wildman–Crippen MR) is 264 cm³/mol. The molecule has 0 radical (unpaired) electrons. The highest BCUT2D eigenvalue weighted by Crippen LogP contribution is 2.41. The molecule has 7 aromatic heterocycles. The fraction of sp³-hybridized carbons (Fsp3) is 0. The van der Waals surface area contributed by atoms with Gasteiger partial charge in [-0.2, -0.15) is 0 Å². The molecule has 0 fully saturated rings. The first-order valence-electron chi connectivity index (χ1n) is 21.3. The Labute approximate surface area is 375 Å². The molecule has 65 heavy (non-hydrogen) atoms. The number of benzene rings is 6. The zero-order valence-electron chi connectivity index (χ0n) is 34.5. The van der Waals surface area contributed by atoms with E-state index in [0.717, 1.165) is 93.7 Å². The highest BCUT2D eigenvalue weighted by Gasteiger charge is 2.20. The van der Waals surface area contributed by atoms with Crippen molar-refractivity contribution in [3.63, 3.8) is 0 Å². The van der Waals surface area contributed by atoms with Gasteiger partial charge in [0.1, 0.15) is 0 Å². The van der Waals surface area contributed by atoms with Crippen LogP contribution in [0.3, 0.4) is 0 Å². The van der Waals surface area contributed by atoms with Crippen LogP contribution in [-0.2, 0) is 0 Å².